The molecular formula is C5H5AsO2S. The zero-order valence-corrected chi connectivity index (χ0v) is 7.52. The first-order valence-electron chi connectivity index (χ1n) is 2.37. The molecule has 2 nitrogen and oxygen atoms in total. The Hall–Kier alpha value is -0.0116. The van der Waals surface area contributed by atoms with Crippen LogP contribution in [-0.2, 0) is 9.53 Å². The summed E-state index contributed by atoms with van der Waals surface area (Å²) in [6.45, 7) is 1.42. The summed E-state index contributed by atoms with van der Waals surface area (Å²) in [5.41, 5.74) is 0. The first-order chi connectivity index (χ1) is 4.29. The van der Waals surface area contributed by atoms with E-state index in [1.54, 1.807) is 0 Å². The van der Waals surface area contributed by atoms with Gasteiger partial charge in [-0.25, -0.2) is 0 Å². The van der Waals surface area contributed by atoms with E-state index in [-0.39, 0.29) is 21.3 Å². The molecule has 0 saturated carbocycles. The molecule has 0 atom stereocenters. The van der Waals surface area contributed by atoms with Crippen LogP contribution in [-0.4, -0.2) is 25.1 Å². The van der Waals surface area contributed by atoms with Gasteiger partial charge in [-0.15, -0.1) is 0 Å². The van der Waals surface area contributed by atoms with Crippen molar-refractivity contribution in [2.75, 3.05) is 0 Å². The van der Waals surface area contributed by atoms with Crippen molar-refractivity contribution in [3.8, 4) is 0 Å². The topological polar surface area (TPSA) is 26.3 Å². The van der Waals surface area contributed by atoms with E-state index in [2.05, 4.69) is 4.86 Å². The standard InChI is InChI=1S/C5H5AsO2S/c1-4(7)8-5-6-2-3-9-5/h2-3H,1H3. The van der Waals surface area contributed by atoms with Gasteiger partial charge < -0.3 is 0 Å². The zero-order valence-electron chi connectivity index (χ0n) is 4.83. The molecule has 1 heterocycles. The first kappa shape index (κ1) is 7.10. The number of ether oxygens (including phenoxy) is 1. The van der Waals surface area contributed by atoms with Gasteiger partial charge in [-0.2, -0.15) is 0 Å². The van der Waals surface area contributed by atoms with Crippen LogP contribution < -0.4 is 0 Å². The number of esters is 1. The van der Waals surface area contributed by atoms with Crippen LogP contribution in [0, 0.1) is 0 Å². The van der Waals surface area contributed by atoms with Crippen molar-refractivity contribution in [3.63, 3.8) is 0 Å². The Morgan fingerprint density at radius 3 is 3.11 bits per heavy atom. The monoisotopic (exact) mass is 204 g/mol. The second kappa shape index (κ2) is 3.23. The number of carbonyl (C=O) groups excluding carboxylic acids is 1. The van der Waals surface area contributed by atoms with Crippen LogP contribution in [0.15, 0.2) is 10.3 Å². The molecule has 4 heteroatoms. The van der Waals surface area contributed by atoms with Gasteiger partial charge in [0.25, 0.3) is 0 Å². The fourth-order valence-corrected chi connectivity index (χ4v) is 3.33. The third-order valence-corrected chi connectivity index (χ3v) is 4.11. The number of hydrogen-bond donors (Lipinski definition) is 0. The van der Waals surface area contributed by atoms with E-state index in [9.17, 15) is 4.79 Å². The van der Waals surface area contributed by atoms with Crippen LogP contribution in [0.2, 0.25) is 0 Å². The number of thioether (sulfide) groups is 1. The summed E-state index contributed by atoms with van der Waals surface area (Å²) in [7, 11) is 0. The first-order valence-corrected chi connectivity index (χ1v) is 5.27. The van der Waals surface area contributed by atoms with Crippen molar-refractivity contribution in [2.45, 2.75) is 6.92 Å². The van der Waals surface area contributed by atoms with Crippen LogP contribution in [0.3, 0.4) is 0 Å². The van der Waals surface area contributed by atoms with E-state index < -0.39 is 0 Å². The molecule has 0 spiro atoms. The van der Waals surface area contributed by atoms with Crippen molar-refractivity contribution < 1.29 is 9.53 Å². The van der Waals surface area contributed by atoms with Gasteiger partial charge in [0.1, 0.15) is 0 Å². The maximum atomic E-state index is 10.3. The molecule has 0 aromatic heterocycles. The van der Waals surface area contributed by atoms with Crippen molar-refractivity contribution in [2.24, 2.45) is 0 Å². The Morgan fingerprint density at radius 1 is 1.89 bits per heavy atom. The van der Waals surface area contributed by atoms with Crippen LogP contribution in [0.1, 0.15) is 6.92 Å². The van der Waals surface area contributed by atoms with Crippen LogP contribution in [0.4, 0.5) is 0 Å². The fraction of sp³-hybridized carbons (Fsp3) is 0.200. The van der Waals surface area contributed by atoms with Gasteiger partial charge in [-0.05, 0) is 0 Å². The van der Waals surface area contributed by atoms with Gasteiger partial charge in [0.15, 0.2) is 0 Å². The summed E-state index contributed by atoms with van der Waals surface area (Å²) in [5, 5.41) is 1.96. The third kappa shape index (κ3) is 2.37. The average molecular weight is 204 g/mol. The Morgan fingerprint density at radius 2 is 2.67 bits per heavy atom. The minimum atomic E-state index is -0.212. The molecule has 0 bridgehead atoms. The normalized spacial score (nSPS) is 17.2. The summed E-state index contributed by atoms with van der Waals surface area (Å²) in [6.07, 6.45) is 0. The quantitative estimate of drug-likeness (QED) is 0.461. The van der Waals surface area contributed by atoms with Gasteiger partial charge in [0, 0.05) is 0 Å². The Kier molecular flexibility index (Phi) is 2.55. The van der Waals surface area contributed by atoms with Crippen LogP contribution in [0.5, 0.6) is 0 Å². The molecule has 0 fully saturated rings. The average Bonchev–Trinajstić information content (AvgIpc) is 2.15. The maximum absolute atomic E-state index is 10.3. The molecule has 1 aliphatic rings. The van der Waals surface area contributed by atoms with Crippen molar-refractivity contribution in [3.05, 3.63) is 10.3 Å². The molecule has 0 amide bonds. The van der Waals surface area contributed by atoms with E-state index in [0.717, 1.165) is 3.82 Å². The second-order valence-corrected chi connectivity index (χ2v) is 4.95. The molecule has 0 aliphatic carbocycles. The molecule has 0 aromatic rings. The van der Waals surface area contributed by atoms with Crippen LogP contribution >= 0.6 is 11.8 Å². The predicted molar refractivity (Wildman–Crippen MR) is 39.3 cm³/mol. The van der Waals surface area contributed by atoms with E-state index in [1.165, 1.54) is 18.7 Å². The van der Waals surface area contributed by atoms with E-state index in [0.29, 0.717) is 0 Å². The Labute approximate surface area is 63.9 Å². The molecule has 48 valence electrons. The third-order valence-electron chi connectivity index (χ3n) is 0.641. The fourth-order valence-electron chi connectivity index (χ4n) is 0.384. The Bertz CT molecular complexity index is 185. The number of carbonyl (C=O) groups is 1. The van der Waals surface area contributed by atoms with Gasteiger partial charge >= 0.3 is 63.6 Å². The summed E-state index contributed by atoms with van der Waals surface area (Å²) in [4.78, 5) is 12.4. The van der Waals surface area contributed by atoms with Gasteiger partial charge in [0.2, 0.25) is 0 Å². The molecule has 9 heavy (non-hydrogen) atoms. The van der Waals surface area contributed by atoms with Crippen molar-refractivity contribution in [1.29, 1.82) is 0 Å². The van der Waals surface area contributed by atoms with E-state index in [4.69, 9.17) is 4.74 Å². The SMILES string of the molecule is CC(=O)OC1=[As]C=CS1. The second-order valence-electron chi connectivity index (χ2n) is 1.39. The van der Waals surface area contributed by atoms with Crippen LogP contribution in [0.25, 0.3) is 0 Å². The van der Waals surface area contributed by atoms with Crippen molar-refractivity contribution >= 4 is 36.9 Å². The van der Waals surface area contributed by atoms with E-state index >= 15 is 0 Å². The van der Waals surface area contributed by atoms with E-state index in [1.807, 2.05) is 5.41 Å². The summed E-state index contributed by atoms with van der Waals surface area (Å²) in [5.74, 6) is -0.212. The number of rotatable bonds is 1. The van der Waals surface area contributed by atoms with Gasteiger partial charge in [-0.3, -0.25) is 0 Å². The summed E-state index contributed by atoms with van der Waals surface area (Å²) < 4.78 is 5.70. The summed E-state index contributed by atoms with van der Waals surface area (Å²) in [6, 6.07) is 0. The molecule has 1 rings (SSSR count). The predicted octanol–water partition coefficient (Wildman–Crippen LogP) is 0.559. The molecule has 0 N–H and O–H groups in total. The van der Waals surface area contributed by atoms with Gasteiger partial charge in [0.05, 0.1) is 0 Å². The number of hydrogen-bond acceptors (Lipinski definition) is 3. The molecular weight excluding hydrogens is 199 g/mol. The minimum absolute atomic E-state index is 0.0272. The zero-order chi connectivity index (χ0) is 6.69. The molecule has 0 aromatic carbocycles. The molecule has 0 unspecified atom stereocenters. The van der Waals surface area contributed by atoms with Crippen molar-refractivity contribution in [1.82, 2.24) is 0 Å². The molecule has 0 saturated heterocycles. The van der Waals surface area contributed by atoms with Gasteiger partial charge in [-0.1, -0.05) is 0 Å². The Balaban J connectivity index is 2.39. The molecule has 1 aliphatic heterocycles. The molecule has 0 radical (unpaired) electrons. The summed E-state index contributed by atoms with van der Waals surface area (Å²) >= 11 is 1.53.